The minimum Gasteiger partial charge on any atom is -0.465 e. The molecule has 2 bridgehead atoms. The molecule has 2 saturated heterocycles. The van der Waals surface area contributed by atoms with E-state index in [2.05, 4.69) is 0 Å². The molecule has 2 unspecified atom stereocenters. The van der Waals surface area contributed by atoms with Crippen LogP contribution in [-0.2, 0) is 4.79 Å². The number of halogens is 1. The summed E-state index contributed by atoms with van der Waals surface area (Å²) in [4.78, 5) is 23.7. The highest BCUT2D eigenvalue weighted by molar-refractivity contribution is 5.89. The lowest BCUT2D eigenvalue weighted by Crippen LogP contribution is -2.64. The van der Waals surface area contributed by atoms with Crippen molar-refractivity contribution >= 4 is 11.9 Å². The van der Waals surface area contributed by atoms with Crippen LogP contribution < -0.4 is 0 Å². The van der Waals surface area contributed by atoms with Crippen molar-refractivity contribution in [2.24, 2.45) is 0 Å². The summed E-state index contributed by atoms with van der Waals surface area (Å²) in [5, 5.41) is 9.10. The van der Waals surface area contributed by atoms with Gasteiger partial charge < -0.3 is 5.11 Å². The summed E-state index contributed by atoms with van der Waals surface area (Å²) in [5.74, 6) is -0.463. The van der Waals surface area contributed by atoms with Gasteiger partial charge in [-0.15, -0.1) is 0 Å². The molecular formula is C10H14FNO3. The lowest BCUT2D eigenvalue weighted by Gasteiger charge is -2.47. The van der Waals surface area contributed by atoms with Gasteiger partial charge >= 0.3 is 6.09 Å². The van der Waals surface area contributed by atoms with E-state index in [1.165, 1.54) is 6.92 Å². The number of ketones is 1. The summed E-state index contributed by atoms with van der Waals surface area (Å²) < 4.78 is 13.8. The number of carbonyl (C=O) groups excluding carboxylic acids is 1. The molecule has 0 spiro atoms. The number of amides is 1. The molecule has 15 heavy (non-hydrogen) atoms. The number of nitrogens with zero attached hydrogens (tertiary/aromatic N) is 1. The Hall–Kier alpha value is -1.13. The van der Waals surface area contributed by atoms with Crippen LogP contribution in [0, 0.1) is 0 Å². The number of alkyl halides is 1. The molecule has 1 amide bonds. The highest BCUT2D eigenvalue weighted by atomic mass is 19.1. The summed E-state index contributed by atoms with van der Waals surface area (Å²) in [6, 6.07) is 0. The average molecular weight is 215 g/mol. The van der Waals surface area contributed by atoms with Gasteiger partial charge in [-0.1, -0.05) is 0 Å². The predicted molar refractivity (Wildman–Crippen MR) is 50.4 cm³/mol. The van der Waals surface area contributed by atoms with Crippen molar-refractivity contribution in [3.8, 4) is 0 Å². The molecule has 2 fully saturated rings. The first kappa shape index (κ1) is 10.4. The molecule has 0 aliphatic carbocycles. The number of carbonyl (C=O) groups is 2. The van der Waals surface area contributed by atoms with E-state index in [9.17, 15) is 14.0 Å². The van der Waals surface area contributed by atoms with Crippen LogP contribution >= 0.6 is 0 Å². The zero-order valence-corrected chi connectivity index (χ0v) is 8.79. The van der Waals surface area contributed by atoms with E-state index in [0.29, 0.717) is 12.8 Å². The van der Waals surface area contributed by atoms with Gasteiger partial charge in [0, 0.05) is 6.42 Å². The Kier molecular flexibility index (Phi) is 1.88. The fraction of sp³-hybridized carbons (Fsp3) is 0.800. The molecule has 2 heterocycles. The van der Waals surface area contributed by atoms with Gasteiger partial charge in [0.1, 0.15) is 0 Å². The summed E-state index contributed by atoms with van der Waals surface area (Å²) in [6.45, 7) is 3.24. The second kappa shape index (κ2) is 2.71. The molecule has 84 valence electrons. The van der Waals surface area contributed by atoms with E-state index in [1.807, 2.05) is 0 Å². The Morgan fingerprint density at radius 2 is 2.13 bits per heavy atom. The Balaban J connectivity index is 2.49. The smallest absolute Gasteiger partial charge is 0.408 e. The van der Waals surface area contributed by atoms with Crippen LogP contribution in [0.5, 0.6) is 0 Å². The van der Waals surface area contributed by atoms with Crippen LogP contribution in [0.4, 0.5) is 9.18 Å². The largest absolute Gasteiger partial charge is 0.465 e. The van der Waals surface area contributed by atoms with E-state index in [4.69, 9.17) is 5.11 Å². The molecule has 0 aromatic rings. The lowest BCUT2D eigenvalue weighted by molar-refractivity contribution is -0.137. The van der Waals surface area contributed by atoms with Crippen LogP contribution in [0.25, 0.3) is 0 Å². The van der Waals surface area contributed by atoms with Crippen LogP contribution in [-0.4, -0.2) is 39.1 Å². The molecule has 0 saturated carbocycles. The Morgan fingerprint density at radius 1 is 1.53 bits per heavy atom. The van der Waals surface area contributed by atoms with Gasteiger partial charge in [0.15, 0.2) is 12.0 Å². The minimum absolute atomic E-state index is 0.00391. The maximum atomic E-state index is 13.8. The number of carboxylic acid groups (broad SMARTS) is 1. The average Bonchev–Trinajstić information content (AvgIpc) is 2.33. The monoisotopic (exact) mass is 215 g/mol. The summed E-state index contributed by atoms with van der Waals surface area (Å²) >= 11 is 0. The number of piperidine rings is 1. The fourth-order valence-electron chi connectivity index (χ4n) is 3.03. The highest BCUT2D eigenvalue weighted by Gasteiger charge is 2.63. The van der Waals surface area contributed by atoms with Gasteiger partial charge in [-0.2, -0.15) is 0 Å². The van der Waals surface area contributed by atoms with Crippen LogP contribution in [0.2, 0.25) is 0 Å². The van der Waals surface area contributed by atoms with Crippen molar-refractivity contribution in [1.82, 2.24) is 4.90 Å². The van der Waals surface area contributed by atoms with Crippen LogP contribution in [0.1, 0.15) is 33.1 Å². The SMILES string of the molecule is CC12CCC(C)([C@H](F)C(=O)C1)N2C(=O)O. The van der Waals surface area contributed by atoms with Crippen molar-refractivity contribution in [3.63, 3.8) is 0 Å². The van der Waals surface area contributed by atoms with Crippen molar-refractivity contribution < 1.29 is 19.1 Å². The van der Waals surface area contributed by atoms with Gasteiger partial charge in [-0.3, -0.25) is 9.69 Å². The van der Waals surface area contributed by atoms with Gasteiger partial charge in [-0.25, -0.2) is 9.18 Å². The van der Waals surface area contributed by atoms with Gasteiger partial charge in [-0.05, 0) is 26.7 Å². The first-order valence-electron chi connectivity index (χ1n) is 5.01. The van der Waals surface area contributed by atoms with E-state index >= 15 is 0 Å². The molecule has 4 nitrogen and oxygen atoms in total. The number of Topliss-reactive ketones (excluding diaryl/α,β-unsaturated/α-hetero) is 1. The predicted octanol–water partition coefficient (Wildman–Crippen LogP) is 1.59. The van der Waals surface area contributed by atoms with Crippen LogP contribution in [0.15, 0.2) is 0 Å². The van der Waals surface area contributed by atoms with Gasteiger partial charge in [0.05, 0.1) is 11.1 Å². The zero-order chi connectivity index (χ0) is 11.4. The van der Waals surface area contributed by atoms with Crippen LogP contribution in [0.3, 0.4) is 0 Å². The second-order valence-corrected chi connectivity index (χ2v) is 4.98. The first-order valence-corrected chi connectivity index (χ1v) is 5.01. The third kappa shape index (κ3) is 1.12. The topological polar surface area (TPSA) is 57.6 Å². The maximum absolute atomic E-state index is 13.8. The Labute approximate surface area is 87.1 Å². The molecule has 0 aromatic carbocycles. The molecule has 0 radical (unpaired) electrons. The van der Waals surface area contributed by atoms with E-state index in [1.54, 1.807) is 6.92 Å². The zero-order valence-electron chi connectivity index (χ0n) is 8.79. The molecule has 3 atom stereocenters. The molecule has 1 N–H and O–H groups in total. The van der Waals surface area contributed by atoms with Gasteiger partial charge in [0.25, 0.3) is 0 Å². The van der Waals surface area contributed by atoms with E-state index in [0.717, 1.165) is 4.90 Å². The Bertz CT molecular complexity index is 346. The molecule has 2 rings (SSSR count). The normalized spacial score (nSPS) is 44.6. The lowest BCUT2D eigenvalue weighted by atomic mass is 9.83. The van der Waals surface area contributed by atoms with Crippen molar-refractivity contribution in [2.75, 3.05) is 0 Å². The van der Waals surface area contributed by atoms with Crippen molar-refractivity contribution in [3.05, 3.63) is 0 Å². The molecular weight excluding hydrogens is 201 g/mol. The molecule has 0 aromatic heterocycles. The summed E-state index contributed by atoms with van der Waals surface area (Å²) in [5.41, 5.74) is -1.86. The number of hydrogen-bond acceptors (Lipinski definition) is 2. The summed E-state index contributed by atoms with van der Waals surface area (Å²) in [7, 11) is 0. The van der Waals surface area contributed by atoms with E-state index < -0.39 is 29.1 Å². The Morgan fingerprint density at radius 3 is 2.67 bits per heavy atom. The van der Waals surface area contributed by atoms with Gasteiger partial charge in [0.2, 0.25) is 0 Å². The molecule has 2 aliphatic rings. The second-order valence-electron chi connectivity index (χ2n) is 4.98. The third-order valence-electron chi connectivity index (χ3n) is 3.80. The third-order valence-corrected chi connectivity index (χ3v) is 3.80. The minimum atomic E-state index is -1.68. The fourth-order valence-corrected chi connectivity index (χ4v) is 3.03. The quantitative estimate of drug-likeness (QED) is 0.667. The standard InChI is InChI=1S/C10H14FNO3/c1-9-3-4-10(2,12(9)8(14)15)7(11)6(13)5-9/h7H,3-5H2,1-2H3,(H,14,15)/t7-,9?,10?/m1/s1. The van der Waals surface area contributed by atoms with Crippen molar-refractivity contribution in [1.29, 1.82) is 0 Å². The van der Waals surface area contributed by atoms with Crippen molar-refractivity contribution in [2.45, 2.75) is 50.4 Å². The highest BCUT2D eigenvalue weighted by Crippen LogP contribution is 2.50. The molecule has 5 heteroatoms. The maximum Gasteiger partial charge on any atom is 0.408 e. The first-order chi connectivity index (χ1) is 6.81. The number of fused-ring (bicyclic) bond motifs is 2. The van der Waals surface area contributed by atoms with E-state index in [-0.39, 0.29) is 6.42 Å². The number of rotatable bonds is 0. The summed E-state index contributed by atoms with van der Waals surface area (Å²) in [6.07, 6.45) is -1.84. The molecule has 2 aliphatic heterocycles. The number of hydrogen-bond donors (Lipinski definition) is 1.